The molecule has 0 saturated carbocycles. The number of ketones is 1. The summed E-state index contributed by atoms with van der Waals surface area (Å²) in [6.45, 7) is 1.73. The molecule has 0 N–H and O–H groups in total. The highest BCUT2D eigenvalue weighted by Gasteiger charge is 2.12. The van der Waals surface area contributed by atoms with E-state index >= 15 is 0 Å². The van der Waals surface area contributed by atoms with Gasteiger partial charge in [-0.15, -0.1) is 0 Å². The lowest BCUT2D eigenvalue weighted by atomic mass is 10.2. The molecule has 0 aliphatic carbocycles. The second kappa shape index (κ2) is 6.03. The van der Waals surface area contributed by atoms with Crippen molar-refractivity contribution in [2.45, 2.75) is 19.8 Å². The maximum atomic E-state index is 11.5. The van der Waals surface area contributed by atoms with Gasteiger partial charge in [0, 0.05) is 20.5 Å². The number of benzene rings is 1. The first-order valence-electron chi connectivity index (χ1n) is 5.53. The van der Waals surface area contributed by atoms with Gasteiger partial charge in [-0.2, -0.15) is 0 Å². The highest BCUT2D eigenvalue weighted by atomic mass is 16.5. The second-order valence-electron chi connectivity index (χ2n) is 3.91. The monoisotopic (exact) mass is 235 g/mol. The zero-order valence-corrected chi connectivity index (χ0v) is 10.4. The third-order valence-corrected chi connectivity index (χ3v) is 2.31. The van der Waals surface area contributed by atoms with Crippen LogP contribution < -0.4 is 9.64 Å². The third-order valence-electron chi connectivity index (χ3n) is 2.31. The van der Waals surface area contributed by atoms with E-state index in [9.17, 15) is 9.59 Å². The fourth-order valence-electron chi connectivity index (χ4n) is 1.36. The maximum Gasteiger partial charge on any atom is 0.318 e. The number of hydrogen-bond donors (Lipinski definition) is 0. The minimum atomic E-state index is -0.508. The molecule has 0 radical (unpaired) electrons. The van der Waals surface area contributed by atoms with Crippen molar-refractivity contribution in [1.82, 2.24) is 0 Å². The Labute approximate surface area is 101 Å². The van der Waals surface area contributed by atoms with Crippen molar-refractivity contribution in [3.05, 3.63) is 24.3 Å². The van der Waals surface area contributed by atoms with Crippen molar-refractivity contribution < 1.29 is 14.3 Å². The molecule has 0 aromatic heterocycles. The molecule has 0 amide bonds. The van der Waals surface area contributed by atoms with E-state index in [-0.39, 0.29) is 12.2 Å². The number of carbonyl (C=O) groups excluding carboxylic acids is 2. The van der Waals surface area contributed by atoms with Gasteiger partial charge < -0.3 is 9.64 Å². The van der Waals surface area contributed by atoms with Gasteiger partial charge in [-0.25, -0.2) is 0 Å². The molecule has 4 nitrogen and oxygen atoms in total. The molecule has 0 fully saturated rings. The molecule has 0 aliphatic rings. The fraction of sp³-hybridized carbons (Fsp3) is 0.385. The zero-order valence-electron chi connectivity index (χ0n) is 10.4. The highest BCUT2D eigenvalue weighted by molar-refractivity contribution is 5.96. The Balaban J connectivity index is 2.74. The van der Waals surface area contributed by atoms with Crippen LogP contribution in [0.5, 0.6) is 5.75 Å². The molecule has 0 atom stereocenters. The van der Waals surface area contributed by atoms with E-state index in [2.05, 4.69) is 0 Å². The quantitative estimate of drug-likeness (QED) is 0.445. The highest BCUT2D eigenvalue weighted by Crippen LogP contribution is 2.26. The van der Waals surface area contributed by atoms with Crippen molar-refractivity contribution in [1.29, 1.82) is 0 Å². The Morgan fingerprint density at radius 1 is 1.24 bits per heavy atom. The van der Waals surface area contributed by atoms with Crippen LogP contribution in [0.3, 0.4) is 0 Å². The fourth-order valence-corrected chi connectivity index (χ4v) is 1.36. The molecule has 0 bridgehead atoms. The molecule has 0 saturated heterocycles. The molecular weight excluding hydrogens is 218 g/mol. The van der Waals surface area contributed by atoms with Crippen LogP contribution in [-0.4, -0.2) is 25.8 Å². The van der Waals surface area contributed by atoms with E-state index in [0.29, 0.717) is 12.2 Å². The van der Waals surface area contributed by atoms with Gasteiger partial charge in [-0.1, -0.05) is 19.1 Å². The standard InChI is InChI=1S/C13H17NO3/c1-4-10(15)9-13(16)17-12-8-6-5-7-11(12)14(2)3/h5-8H,4,9H2,1-3H3. The summed E-state index contributed by atoms with van der Waals surface area (Å²) in [5, 5.41) is 0. The predicted octanol–water partition coefficient (Wildman–Crippen LogP) is 2.03. The van der Waals surface area contributed by atoms with Crippen LogP contribution in [0.25, 0.3) is 0 Å². The van der Waals surface area contributed by atoms with E-state index in [1.165, 1.54) is 0 Å². The predicted molar refractivity (Wildman–Crippen MR) is 66.3 cm³/mol. The van der Waals surface area contributed by atoms with E-state index in [1.54, 1.807) is 19.1 Å². The maximum absolute atomic E-state index is 11.5. The van der Waals surface area contributed by atoms with Gasteiger partial charge in [0.2, 0.25) is 0 Å². The van der Waals surface area contributed by atoms with Crippen molar-refractivity contribution >= 4 is 17.4 Å². The lowest BCUT2D eigenvalue weighted by Gasteiger charge is -2.16. The van der Waals surface area contributed by atoms with Crippen LogP contribution in [0, 0.1) is 0 Å². The average molecular weight is 235 g/mol. The van der Waals surface area contributed by atoms with Crippen molar-refractivity contribution in [2.24, 2.45) is 0 Å². The second-order valence-corrected chi connectivity index (χ2v) is 3.91. The Hall–Kier alpha value is -1.84. The smallest absolute Gasteiger partial charge is 0.318 e. The van der Waals surface area contributed by atoms with Gasteiger partial charge in [-0.05, 0) is 12.1 Å². The van der Waals surface area contributed by atoms with Gasteiger partial charge in [0.15, 0.2) is 5.75 Å². The van der Waals surface area contributed by atoms with Gasteiger partial charge in [0.25, 0.3) is 0 Å². The molecule has 4 heteroatoms. The van der Waals surface area contributed by atoms with Crippen molar-refractivity contribution in [3.63, 3.8) is 0 Å². The first-order valence-corrected chi connectivity index (χ1v) is 5.53. The largest absolute Gasteiger partial charge is 0.424 e. The first-order chi connectivity index (χ1) is 8.04. The minimum absolute atomic E-state index is 0.114. The van der Waals surface area contributed by atoms with Crippen molar-refractivity contribution in [3.8, 4) is 5.75 Å². The van der Waals surface area contributed by atoms with Crippen LogP contribution in [-0.2, 0) is 9.59 Å². The van der Waals surface area contributed by atoms with Gasteiger partial charge >= 0.3 is 5.97 Å². The summed E-state index contributed by atoms with van der Waals surface area (Å²) >= 11 is 0. The molecule has 0 heterocycles. The van der Waals surface area contributed by atoms with Gasteiger partial charge in [-0.3, -0.25) is 9.59 Å². The minimum Gasteiger partial charge on any atom is -0.424 e. The normalized spacial score (nSPS) is 9.82. The Morgan fingerprint density at radius 2 is 1.88 bits per heavy atom. The number of ether oxygens (including phenoxy) is 1. The van der Waals surface area contributed by atoms with E-state index < -0.39 is 5.97 Å². The molecule has 0 unspecified atom stereocenters. The lowest BCUT2D eigenvalue weighted by Crippen LogP contribution is -2.16. The molecule has 17 heavy (non-hydrogen) atoms. The van der Waals surface area contributed by atoms with Crippen LogP contribution in [0.1, 0.15) is 19.8 Å². The van der Waals surface area contributed by atoms with Crippen LogP contribution >= 0.6 is 0 Å². The zero-order chi connectivity index (χ0) is 12.8. The summed E-state index contributed by atoms with van der Waals surface area (Å²) in [7, 11) is 3.73. The van der Waals surface area contributed by atoms with Gasteiger partial charge in [0.1, 0.15) is 12.2 Å². The molecule has 1 aromatic rings. The summed E-state index contributed by atoms with van der Waals surface area (Å²) in [6.07, 6.45) is 0.183. The summed E-state index contributed by atoms with van der Waals surface area (Å²) in [5.74, 6) is -0.144. The molecule has 1 rings (SSSR count). The first kappa shape index (κ1) is 13.2. The van der Waals surface area contributed by atoms with E-state index in [4.69, 9.17) is 4.74 Å². The summed E-state index contributed by atoms with van der Waals surface area (Å²) in [4.78, 5) is 24.5. The van der Waals surface area contributed by atoms with Crippen LogP contribution in [0.15, 0.2) is 24.3 Å². The Kier molecular flexibility index (Phi) is 4.69. The Morgan fingerprint density at radius 3 is 2.47 bits per heavy atom. The molecule has 92 valence electrons. The Bertz CT molecular complexity index is 413. The van der Waals surface area contributed by atoms with Gasteiger partial charge in [0.05, 0.1) is 5.69 Å². The van der Waals surface area contributed by atoms with E-state index in [1.807, 2.05) is 31.1 Å². The molecule has 0 aliphatic heterocycles. The molecular formula is C13H17NO3. The number of rotatable bonds is 5. The third kappa shape index (κ3) is 3.90. The van der Waals surface area contributed by atoms with Crippen LogP contribution in [0.2, 0.25) is 0 Å². The van der Waals surface area contributed by atoms with Crippen molar-refractivity contribution in [2.75, 3.05) is 19.0 Å². The number of carbonyl (C=O) groups is 2. The number of esters is 1. The summed E-state index contributed by atoms with van der Waals surface area (Å²) in [6, 6.07) is 7.22. The SMILES string of the molecule is CCC(=O)CC(=O)Oc1ccccc1N(C)C. The number of Topliss-reactive ketones (excluding diaryl/α,β-unsaturated/α-hetero) is 1. The topological polar surface area (TPSA) is 46.6 Å². The van der Waals surface area contributed by atoms with Crippen LogP contribution in [0.4, 0.5) is 5.69 Å². The number of anilines is 1. The molecule has 1 aromatic carbocycles. The number of para-hydroxylation sites is 2. The lowest BCUT2D eigenvalue weighted by molar-refractivity contribution is -0.137. The summed E-state index contributed by atoms with van der Waals surface area (Å²) < 4.78 is 5.18. The number of nitrogens with zero attached hydrogens (tertiary/aromatic N) is 1. The molecule has 0 spiro atoms. The van der Waals surface area contributed by atoms with E-state index in [0.717, 1.165) is 5.69 Å². The average Bonchev–Trinajstić information content (AvgIpc) is 2.29. The summed E-state index contributed by atoms with van der Waals surface area (Å²) in [5.41, 5.74) is 0.810. The number of hydrogen-bond acceptors (Lipinski definition) is 4.